The highest BCUT2D eigenvalue weighted by Gasteiger charge is 2.36. The number of aliphatic imine (C=N–C) groups is 1. The lowest BCUT2D eigenvalue weighted by Gasteiger charge is -2.25. The quantitative estimate of drug-likeness (QED) is 0.565. The third kappa shape index (κ3) is 5.31. The molecule has 3 heterocycles. The fourth-order valence-electron chi connectivity index (χ4n) is 3.96. The lowest BCUT2D eigenvalue weighted by Crippen LogP contribution is -2.38. The summed E-state index contributed by atoms with van der Waals surface area (Å²) >= 11 is 11.9. The maximum atomic E-state index is 13.5. The van der Waals surface area contributed by atoms with Gasteiger partial charge in [0, 0.05) is 31.2 Å². The molecule has 4 rings (SSSR count). The van der Waals surface area contributed by atoms with Gasteiger partial charge in [0.15, 0.2) is 0 Å². The minimum atomic E-state index is -4.48. The number of alkyl halides is 3. The van der Waals surface area contributed by atoms with E-state index in [1.54, 1.807) is 30.0 Å². The minimum absolute atomic E-state index is 0.0687. The third-order valence-corrected chi connectivity index (χ3v) is 6.59. The SMILES string of the molecule is CC(C(=O)Nc1ccc(Cl)c(Cl)c1)C1=NC2CCN(c3ncccc3C(F)(F)F)CCC2=CN1. The number of benzene rings is 1. The Hall–Kier alpha value is -2.78. The van der Waals surface area contributed by atoms with Gasteiger partial charge in [0.25, 0.3) is 0 Å². The standard InChI is InChI=1S/C23H22Cl2F3N5O/c1-13(22(34)31-15-4-5-17(24)18(25)11-15)20-30-12-14-6-9-33(10-7-19(14)32-20)21-16(23(26,27)28)3-2-8-29-21/h2-5,8,11-13,19H,6-7,9-10H2,1H3,(H,30,32)(H,31,34). The molecular weight excluding hydrogens is 490 g/mol. The van der Waals surface area contributed by atoms with Crippen molar-refractivity contribution in [2.24, 2.45) is 10.9 Å². The lowest BCUT2D eigenvalue weighted by molar-refractivity contribution is -0.137. The first kappa shape index (κ1) is 24.3. The molecular formula is C23H22Cl2F3N5O. The van der Waals surface area contributed by atoms with Crippen molar-refractivity contribution in [1.29, 1.82) is 0 Å². The molecule has 1 aromatic heterocycles. The summed E-state index contributed by atoms with van der Waals surface area (Å²) in [5.74, 6) is -0.436. The number of fused-ring (bicyclic) bond motifs is 1. The van der Waals surface area contributed by atoms with E-state index in [4.69, 9.17) is 28.2 Å². The Bertz CT molecular complexity index is 1150. The van der Waals surface area contributed by atoms with Gasteiger partial charge in [0.1, 0.15) is 11.7 Å². The smallest absolute Gasteiger partial charge is 0.356 e. The van der Waals surface area contributed by atoms with Crippen molar-refractivity contribution in [2.45, 2.75) is 32.0 Å². The van der Waals surface area contributed by atoms with Gasteiger partial charge in [0.05, 0.1) is 27.6 Å². The van der Waals surface area contributed by atoms with E-state index in [0.29, 0.717) is 47.5 Å². The van der Waals surface area contributed by atoms with E-state index in [2.05, 4.69) is 15.6 Å². The van der Waals surface area contributed by atoms with Crippen molar-refractivity contribution in [3.8, 4) is 0 Å². The zero-order valence-electron chi connectivity index (χ0n) is 18.2. The molecule has 2 unspecified atom stereocenters. The Morgan fingerprint density at radius 3 is 2.76 bits per heavy atom. The summed E-state index contributed by atoms with van der Waals surface area (Å²) in [6, 6.07) is 6.93. The maximum Gasteiger partial charge on any atom is 0.419 e. The number of hydrogen-bond acceptors (Lipinski definition) is 5. The molecule has 0 bridgehead atoms. The molecule has 0 radical (unpaired) electrons. The maximum absolute atomic E-state index is 13.5. The van der Waals surface area contributed by atoms with Crippen LogP contribution in [0.15, 0.2) is 53.3 Å². The molecule has 0 aliphatic carbocycles. The number of carbonyl (C=O) groups is 1. The van der Waals surface area contributed by atoms with Crippen LogP contribution < -0.4 is 15.5 Å². The molecule has 2 aromatic rings. The van der Waals surface area contributed by atoms with Gasteiger partial charge < -0.3 is 15.5 Å². The molecule has 11 heteroatoms. The largest absolute Gasteiger partial charge is 0.419 e. The van der Waals surface area contributed by atoms with E-state index in [0.717, 1.165) is 11.6 Å². The predicted octanol–water partition coefficient (Wildman–Crippen LogP) is 5.54. The van der Waals surface area contributed by atoms with Crippen molar-refractivity contribution in [2.75, 3.05) is 23.3 Å². The van der Waals surface area contributed by atoms with Crippen LogP contribution in [0.4, 0.5) is 24.7 Å². The topological polar surface area (TPSA) is 69.6 Å². The molecule has 2 N–H and O–H groups in total. The number of nitrogens with zero attached hydrogens (tertiary/aromatic N) is 3. The molecule has 2 aliphatic heterocycles. The number of nitrogens with one attached hydrogen (secondary N) is 2. The average molecular weight is 512 g/mol. The van der Waals surface area contributed by atoms with Gasteiger partial charge in [0.2, 0.25) is 5.91 Å². The Morgan fingerprint density at radius 2 is 2.03 bits per heavy atom. The number of hydrogen-bond donors (Lipinski definition) is 2. The Balaban J connectivity index is 1.46. The molecule has 1 amide bonds. The van der Waals surface area contributed by atoms with Gasteiger partial charge in [-0.3, -0.25) is 9.79 Å². The summed E-state index contributed by atoms with van der Waals surface area (Å²) in [6.45, 7) is 2.48. The van der Waals surface area contributed by atoms with E-state index in [9.17, 15) is 18.0 Å². The second kappa shape index (κ2) is 9.84. The van der Waals surface area contributed by atoms with Gasteiger partial charge >= 0.3 is 6.18 Å². The first-order valence-electron chi connectivity index (χ1n) is 10.7. The molecule has 6 nitrogen and oxygen atoms in total. The van der Waals surface area contributed by atoms with E-state index >= 15 is 0 Å². The van der Waals surface area contributed by atoms with Crippen LogP contribution in [0, 0.1) is 5.92 Å². The van der Waals surface area contributed by atoms with E-state index in [-0.39, 0.29) is 17.8 Å². The molecule has 2 aliphatic rings. The molecule has 34 heavy (non-hydrogen) atoms. The van der Waals surface area contributed by atoms with E-state index in [1.807, 2.05) is 6.20 Å². The number of halogens is 5. The molecule has 1 saturated heterocycles. The fourth-order valence-corrected chi connectivity index (χ4v) is 4.26. The van der Waals surface area contributed by atoms with Gasteiger partial charge in [-0.15, -0.1) is 0 Å². The highest BCUT2D eigenvalue weighted by Crippen LogP contribution is 2.36. The fraction of sp³-hybridized carbons (Fsp3) is 0.348. The highest BCUT2D eigenvalue weighted by molar-refractivity contribution is 6.42. The molecule has 1 fully saturated rings. The highest BCUT2D eigenvalue weighted by atomic mass is 35.5. The van der Waals surface area contributed by atoms with Gasteiger partial charge in [-0.25, -0.2) is 4.98 Å². The number of carbonyl (C=O) groups excluding carboxylic acids is 1. The Labute approximate surface area is 204 Å². The number of aromatic nitrogens is 1. The van der Waals surface area contributed by atoms with Crippen LogP contribution in [0.5, 0.6) is 0 Å². The number of rotatable bonds is 4. The zero-order chi connectivity index (χ0) is 24.5. The van der Waals surface area contributed by atoms with Crippen molar-refractivity contribution >= 4 is 46.4 Å². The molecule has 0 spiro atoms. The number of anilines is 2. The second-order valence-corrected chi connectivity index (χ2v) is 8.95. The summed E-state index contributed by atoms with van der Waals surface area (Å²) in [6.07, 6.45) is -0.264. The molecule has 2 atom stereocenters. The van der Waals surface area contributed by atoms with Crippen LogP contribution in [0.3, 0.4) is 0 Å². The van der Waals surface area contributed by atoms with Gasteiger partial charge in [-0.1, -0.05) is 23.2 Å². The average Bonchev–Trinajstić information content (AvgIpc) is 3.02. The van der Waals surface area contributed by atoms with Crippen LogP contribution in [0.1, 0.15) is 25.3 Å². The summed E-state index contributed by atoms with van der Waals surface area (Å²) in [4.78, 5) is 23.1. The summed E-state index contributed by atoms with van der Waals surface area (Å²) in [5.41, 5.74) is 0.747. The molecule has 0 saturated carbocycles. The number of amides is 1. The number of amidine groups is 1. The van der Waals surface area contributed by atoms with Gasteiger partial charge in [-0.2, -0.15) is 13.2 Å². The van der Waals surface area contributed by atoms with Crippen LogP contribution in [-0.4, -0.2) is 35.9 Å². The molecule has 1 aromatic carbocycles. The van der Waals surface area contributed by atoms with Crippen molar-refractivity contribution in [3.63, 3.8) is 0 Å². The summed E-state index contributed by atoms with van der Waals surface area (Å²) in [7, 11) is 0. The van der Waals surface area contributed by atoms with E-state index < -0.39 is 17.7 Å². The minimum Gasteiger partial charge on any atom is -0.356 e. The third-order valence-electron chi connectivity index (χ3n) is 5.85. The summed E-state index contributed by atoms with van der Waals surface area (Å²) in [5, 5.41) is 6.60. The predicted molar refractivity (Wildman–Crippen MR) is 127 cm³/mol. The van der Waals surface area contributed by atoms with Crippen molar-refractivity contribution < 1.29 is 18.0 Å². The van der Waals surface area contributed by atoms with Crippen LogP contribution in [-0.2, 0) is 11.0 Å². The first-order valence-corrected chi connectivity index (χ1v) is 11.5. The second-order valence-electron chi connectivity index (χ2n) is 8.13. The zero-order valence-corrected chi connectivity index (χ0v) is 19.7. The normalized spacial score (nSPS) is 19.2. The molecule has 180 valence electrons. The van der Waals surface area contributed by atoms with Crippen LogP contribution >= 0.6 is 23.2 Å². The lowest BCUT2D eigenvalue weighted by atomic mass is 10.0. The van der Waals surface area contributed by atoms with Crippen molar-refractivity contribution in [3.05, 3.63) is 63.9 Å². The Morgan fingerprint density at radius 1 is 1.24 bits per heavy atom. The van der Waals surface area contributed by atoms with Crippen LogP contribution in [0.25, 0.3) is 0 Å². The van der Waals surface area contributed by atoms with E-state index in [1.165, 1.54) is 12.3 Å². The Kier molecular flexibility index (Phi) is 7.04. The first-order chi connectivity index (χ1) is 16.1. The van der Waals surface area contributed by atoms with Crippen LogP contribution in [0.2, 0.25) is 10.0 Å². The summed E-state index contributed by atoms with van der Waals surface area (Å²) < 4.78 is 40.4. The number of pyridine rings is 1. The van der Waals surface area contributed by atoms with Gasteiger partial charge in [-0.05, 0) is 55.7 Å². The van der Waals surface area contributed by atoms with Crippen molar-refractivity contribution in [1.82, 2.24) is 10.3 Å². The monoisotopic (exact) mass is 511 g/mol.